The Kier molecular flexibility index (Phi) is 8.17. The lowest BCUT2D eigenvalue weighted by molar-refractivity contribution is 0.102. The molecule has 4 aromatic rings. The molecule has 5 heteroatoms. The number of ether oxygens (including phenoxy) is 3. The van der Waals surface area contributed by atoms with E-state index in [0.29, 0.717) is 42.6 Å². The zero-order chi connectivity index (χ0) is 23.4. The molecule has 0 saturated carbocycles. The summed E-state index contributed by atoms with van der Waals surface area (Å²) >= 11 is 0. The van der Waals surface area contributed by atoms with Crippen molar-refractivity contribution >= 4 is 11.6 Å². The summed E-state index contributed by atoms with van der Waals surface area (Å²) in [6, 6.07) is 34.3. The van der Waals surface area contributed by atoms with Crippen molar-refractivity contribution in [1.82, 2.24) is 0 Å². The van der Waals surface area contributed by atoms with Crippen molar-refractivity contribution in [2.75, 3.05) is 25.1 Å². The van der Waals surface area contributed by atoms with Crippen molar-refractivity contribution in [3.05, 3.63) is 120 Å². The predicted octanol–water partition coefficient (Wildman–Crippen LogP) is 6.02. The summed E-state index contributed by atoms with van der Waals surface area (Å²) in [6.45, 7) is 1.31. The monoisotopic (exact) mass is 453 g/mol. The molecule has 4 aromatic carbocycles. The quantitative estimate of drug-likeness (QED) is 0.282. The van der Waals surface area contributed by atoms with Gasteiger partial charge in [0.05, 0.1) is 12.2 Å². The van der Waals surface area contributed by atoms with Gasteiger partial charge in [-0.25, -0.2) is 0 Å². The molecule has 5 nitrogen and oxygen atoms in total. The van der Waals surface area contributed by atoms with E-state index in [4.69, 9.17) is 14.2 Å². The summed E-state index contributed by atoms with van der Waals surface area (Å²) in [5.41, 5.74) is 2.32. The fraction of sp³-hybridized carbons (Fsp3) is 0.138. The molecular weight excluding hydrogens is 426 g/mol. The summed E-state index contributed by atoms with van der Waals surface area (Å²) in [5, 5.41) is 2.93. The maximum absolute atomic E-state index is 12.9. The Hall–Kier alpha value is -4.25. The number of hydrogen-bond donors (Lipinski definition) is 1. The zero-order valence-electron chi connectivity index (χ0n) is 18.9. The van der Waals surface area contributed by atoms with E-state index in [1.165, 1.54) is 5.56 Å². The van der Waals surface area contributed by atoms with E-state index >= 15 is 0 Å². The molecule has 0 aliphatic rings. The van der Waals surface area contributed by atoms with Crippen LogP contribution in [0.25, 0.3) is 0 Å². The summed E-state index contributed by atoms with van der Waals surface area (Å²) < 4.78 is 17.3. The Morgan fingerprint density at radius 3 is 2.06 bits per heavy atom. The molecule has 0 unspecified atom stereocenters. The number of carbonyl (C=O) groups excluding carboxylic acids is 1. The van der Waals surface area contributed by atoms with E-state index in [1.54, 1.807) is 12.1 Å². The van der Waals surface area contributed by atoms with Crippen molar-refractivity contribution in [2.24, 2.45) is 0 Å². The van der Waals surface area contributed by atoms with Gasteiger partial charge in [0.15, 0.2) is 0 Å². The van der Waals surface area contributed by atoms with E-state index in [9.17, 15) is 4.79 Å². The molecule has 0 aliphatic carbocycles. The van der Waals surface area contributed by atoms with Crippen molar-refractivity contribution in [3.8, 4) is 17.2 Å². The van der Waals surface area contributed by atoms with Gasteiger partial charge >= 0.3 is 0 Å². The van der Waals surface area contributed by atoms with Crippen LogP contribution in [0.5, 0.6) is 17.2 Å². The molecule has 1 N–H and O–H groups in total. The number of amides is 1. The number of para-hydroxylation sites is 2. The van der Waals surface area contributed by atoms with Gasteiger partial charge in [-0.05, 0) is 42.0 Å². The molecule has 0 fully saturated rings. The Bertz CT molecular complexity index is 1180. The lowest BCUT2D eigenvalue weighted by Crippen LogP contribution is -2.14. The average molecular weight is 454 g/mol. The SMILES string of the molecule is O=C(Nc1cccc(OCCOc2ccccc2)c1)c1ccccc1OCCc1ccccc1. The number of carbonyl (C=O) groups is 1. The number of rotatable bonds is 11. The number of benzene rings is 4. The highest BCUT2D eigenvalue weighted by Gasteiger charge is 2.13. The molecule has 0 saturated heterocycles. The van der Waals surface area contributed by atoms with Crippen LogP contribution in [-0.2, 0) is 6.42 Å². The highest BCUT2D eigenvalue weighted by atomic mass is 16.5. The molecule has 0 heterocycles. The first kappa shape index (κ1) is 22.9. The third-order valence-corrected chi connectivity index (χ3v) is 5.08. The zero-order valence-corrected chi connectivity index (χ0v) is 18.9. The Labute approximate surface area is 199 Å². The van der Waals surface area contributed by atoms with Crippen LogP contribution in [0.4, 0.5) is 5.69 Å². The van der Waals surface area contributed by atoms with Crippen LogP contribution in [-0.4, -0.2) is 25.7 Å². The standard InChI is InChI=1S/C29H27NO4/c31-29(27-16-7-8-17-28(27)34-19-18-23-10-3-1-4-11-23)30-24-12-9-15-26(22-24)33-21-20-32-25-13-5-2-6-14-25/h1-17,22H,18-21H2,(H,30,31). The van der Waals surface area contributed by atoms with Gasteiger partial charge in [-0.15, -0.1) is 0 Å². The molecule has 0 spiro atoms. The fourth-order valence-corrected chi connectivity index (χ4v) is 3.40. The molecule has 0 atom stereocenters. The van der Waals surface area contributed by atoms with Crippen LogP contribution in [0, 0.1) is 0 Å². The van der Waals surface area contributed by atoms with Crippen LogP contribution in [0.15, 0.2) is 109 Å². The first-order valence-corrected chi connectivity index (χ1v) is 11.3. The minimum Gasteiger partial charge on any atom is -0.492 e. The lowest BCUT2D eigenvalue weighted by Gasteiger charge is -2.13. The third kappa shape index (κ3) is 6.87. The summed E-state index contributed by atoms with van der Waals surface area (Å²) in [7, 11) is 0. The van der Waals surface area contributed by atoms with Gasteiger partial charge in [0.2, 0.25) is 0 Å². The summed E-state index contributed by atoms with van der Waals surface area (Å²) in [4.78, 5) is 12.9. The van der Waals surface area contributed by atoms with E-state index in [-0.39, 0.29) is 5.91 Å². The third-order valence-electron chi connectivity index (χ3n) is 5.08. The molecular formula is C29H27NO4. The fourth-order valence-electron chi connectivity index (χ4n) is 3.40. The average Bonchev–Trinajstić information content (AvgIpc) is 2.88. The highest BCUT2D eigenvalue weighted by molar-refractivity contribution is 6.06. The van der Waals surface area contributed by atoms with Crippen LogP contribution < -0.4 is 19.5 Å². The number of hydrogen-bond acceptors (Lipinski definition) is 4. The van der Waals surface area contributed by atoms with Gasteiger partial charge in [0.1, 0.15) is 30.5 Å². The number of anilines is 1. The lowest BCUT2D eigenvalue weighted by atomic mass is 10.1. The summed E-state index contributed by atoms with van der Waals surface area (Å²) in [5.74, 6) is 1.78. The molecule has 34 heavy (non-hydrogen) atoms. The van der Waals surface area contributed by atoms with Gasteiger partial charge in [0, 0.05) is 18.2 Å². The van der Waals surface area contributed by atoms with Crippen LogP contribution >= 0.6 is 0 Å². The molecule has 1 amide bonds. The van der Waals surface area contributed by atoms with E-state index in [0.717, 1.165) is 12.2 Å². The van der Waals surface area contributed by atoms with Gasteiger partial charge in [-0.3, -0.25) is 4.79 Å². The first-order valence-electron chi connectivity index (χ1n) is 11.3. The molecule has 172 valence electrons. The highest BCUT2D eigenvalue weighted by Crippen LogP contribution is 2.22. The first-order chi connectivity index (χ1) is 16.8. The Morgan fingerprint density at radius 1 is 0.618 bits per heavy atom. The van der Waals surface area contributed by atoms with Crippen LogP contribution in [0.2, 0.25) is 0 Å². The molecule has 4 rings (SSSR count). The van der Waals surface area contributed by atoms with Crippen LogP contribution in [0.3, 0.4) is 0 Å². The summed E-state index contributed by atoms with van der Waals surface area (Å²) in [6.07, 6.45) is 0.768. The smallest absolute Gasteiger partial charge is 0.259 e. The van der Waals surface area contributed by atoms with Crippen LogP contribution in [0.1, 0.15) is 15.9 Å². The van der Waals surface area contributed by atoms with Gasteiger partial charge in [0.25, 0.3) is 5.91 Å². The second-order valence-corrected chi connectivity index (χ2v) is 7.57. The van der Waals surface area contributed by atoms with Gasteiger partial charge < -0.3 is 19.5 Å². The minimum absolute atomic E-state index is 0.236. The largest absolute Gasteiger partial charge is 0.492 e. The molecule has 0 radical (unpaired) electrons. The number of nitrogens with one attached hydrogen (secondary N) is 1. The van der Waals surface area contributed by atoms with Crippen molar-refractivity contribution < 1.29 is 19.0 Å². The maximum atomic E-state index is 12.9. The van der Waals surface area contributed by atoms with E-state index in [1.807, 2.05) is 84.9 Å². The molecule has 0 aromatic heterocycles. The molecule has 0 aliphatic heterocycles. The predicted molar refractivity (Wildman–Crippen MR) is 134 cm³/mol. The Morgan fingerprint density at radius 2 is 1.26 bits per heavy atom. The van der Waals surface area contributed by atoms with E-state index < -0.39 is 0 Å². The minimum atomic E-state index is -0.236. The van der Waals surface area contributed by atoms with Crippen molar-refractivity contribution in [2.45, 2.75) is 6.42 Å². The maximum Gasteiger partial charge on any atom is 0.259 e. The van der Waals surface area contributed by atoms with Crippen molar-refractivity contribution in [3.63, 3.8) is 0 Å². The topological polar surface area (TPSA) is 56.8 Å². The van der Waals surface area contributed by atoms with Gasteiger partial charge in [-0.2, -0.15) is 0 Å². The molecule has 0 bridgehead atoms. The second kappa shape index (κ2) is 12.1. The normalized spacial score (nSPS) is 10.4. The van der Waals surface area contributed by atoms with E-state index in [2.05, 4.69) is 17.4 Å². The second-order valence-electron chi connectivity index (χ2n) is 7.57. The Balaban J connectivity index is 1.30. The van der Waals surface area contributed by atoms with Gasteiger partial charge in [-0.1, -0.05) is 66.7 Å². The van der Waals surface area contributed by atoms with Crippen molar-refractivity contribution in [1.29, 1.82) is 0 Å².